The van der Waals surface area contributed by atoms with Crippen molar-refractivity contribution in [2.75, 3.05) is 18.7 Å². The molecule has 9 nitrogen and oxygen atoms in total. The number of fused-ring (bicyclic) bond motifs is 1. The van der Waals surface area contributed by atoms with E-state index in [-0.39, 0.29) is 6.79 Å². The molecule has 0 aromatic heterocycles. The average Bonchev–Trinajstić information content (AvgIpc) is 3.37. The van der Waals surface area contributed by atoms with Crippen molar-refractivity contribution in [3.63, 3.8) is 0 Å². The monoisotopic (exact) mass is 490 g/mol. The number of carbonyl (C=O) groups is 2. The Kier molecular flexibility index (Phi) is 8.02. The maximum atomic E-state index is 12.4. The molecule has 0 saturated carbocycles. The fraction of sp³-hybridized carbons (Fsp3) is 0.222. The molecule has 0 bridgehead atoms. The summed E-state index contributed by atoms with van der Waals surface area (Å²) in [5.41, 5.74) is 2.92. The SMILES string of the molecule is C/C(=N/OCC(=O)O[C@H](C)C(=O)Nc1ccc(OCc2ccccc2)cc1)c1ccc2c(c1)OCO2. The highest BCUT2D eigenvalue weighted by Crippen LogP contribution is 2.32. The van der Waals surface area contributed by atoms with E-state index < -0.39 is 24.6 Å². The van der Waals surface area contributed by atoms with Crippen LogP contribution in [0.25, 0.3) is 0 Å². The van der Waals surface area contributed by atoms with Gasteiger partial charge in [-0.15, -0.1) is 0 Å². The zero-order valence-corrected chi connectivity index (χ0v) is 19.9. The van der Waals surface area contributed by atoms with E-state index in [1.807, 2.05) is 36.4 Å². The van der Waals surface area contributed by atoms with Crippen molar-refractivity contribution in [3.05, 3.63) is 83.9 Å². The minimum Gasteiger partial charge on any atom is -0.489 e. The zero-order chi connectivity index (χ0) is 25.3. The van der Waals surface area contributed by atoms with E-state index in [1.165, 1.54) is 6.92 Å². The topological polar surface area (TPSA) is 105 Å². The zero-order valence-electron chi connectivity index (χ0n) is 19.9. The Morgan fingerprint density at radius 2 is 1.75 bits per heavy atom. The third-order valence-electron chi connectivity index (χ3n) is 5.22. The summed E-state index contributed by atoms with van der Waals surface area (Å²) in [7, 11) is 0. The lowest BCUT2D eigenvalue weighted by Crippen LogP contribution is -2.31. The molecule has 0 radical (unpaired) electrons. The van der Waals surface area contributed by atoms with E-state index >= 15 is 0 Å². The molecule has 36 heavy (non-hydrogen) atoms. The second-order valence-electron chi connectivity index (χ2n) is 7.94. The van der Waals surface area contributed by atoms with Crippen molar-refractivity contribution < 1.29 is 33.4 Å². The Bertz CT molecular complexity index is 1230. The number of nitrogens with zero attached hydrogens (tertiary/aromatic N) is 1. The molecule has 1 aliphatic rings. The van der Waals surface area contributed by atoms with Crippen LogP contribution < -0.4 is 19.5 Å². The van der Waals surface area contributed by atoms with Crippen molar-refractivity contribution in [3.8, 4) is 17.2 Å². The molecule has 9 heteroatoms. The van der Waals surface area contributed by atoms with Crippen LogP contribution in [0.5, 0.6) is 17.2 Å². The second-order valence-corrected chi connectivity index (χ2v) is 7.94. The first-order valence-electron chi connectivity index (χ1n) is 11.3. The molecule has 1 heterocycles. The van der Waals surface area contributed by atoms with E-state index in [0.29, 0.717) is 35.3 Å². The number of hydrogen-bond acceptors (Lipinski definition) is 8. The van der Waals surface area contributed by atoms with Crippen LogP contribution in [0, 0.1) is 0 Å². The van der Waals surface area contributed by atoms with Gasteiger partial charge in [0.15, 0.2) is 17.6 Å². The summed E-state index contributed by atoms with van der Waals surface area (Å²) < 4.78 is 21.5. The fourth-order valence-electron chi connectivity index (χ4n) is 3.26. The predicted molar refractivity (Wildman–Crippen MR) is 132 cm³/mol. The van der Waals surface area contributed by atoms with Crippen molar-refractivity contribution in [1.29, 1.82) is 0 Å². The van der Waals surface area contributed by atoms with Gasteiger partial charge in [0.05, 0.1) is 5.71 Å². The molecule has 186 valence electrons. The van der Waals surface area contributed by atoms with Crippen LogP contribution in [0.2, 0.25) is 0 Å². The number of nitrogens with one attached hydrogen (secondary N) is 1. The van der Waals surface area contributed by atoms with Crippen LogP contribution >= 0.6 is 0 Å². The van der Waals surface area contributed by atoms with Gasteiger partial charge in [-0.3, -0.25) is 4.79 Å². The summed E-state index contributed by atoms with van der Waals surface area (Å²) in [6.45, 7) is 3.40. The van der Waals surface area contributed by atoms with Gasteiger partial charge in [0.2, 0.25) is 13.4 Å². The molecular weight excluding hydrogens is 464 g/mol. The van der Waals surface area contributed by atoms with Crippen molar-refractivity contribution in [1.82, 2.24) is 0 Å². The molecule has 0 aliphatic carbocycles. The summed E-state index contributed by atoms with van der Waals surface area (Å²) in [6.07, 6.45) is -1.02. The van der Waals surface area contributed by atoms with Crippen LogP contribution in [0.15, 0.2) is 78.0 Å². The number of rotatable bonds is 10. The second kappa shape index (κ2) is 11.7. The molecule has 0 fully saturated rings. The first-order valence-corrected chi connectivity index (χ1v) is 11.3. The maximum Gasteiger partial charge on any atom is 0.347 e. The van der Waals surface area contributed by atoms with Crippen LogP contribution in [-0.4, -0.2) is 37.1 Å². The highest BCUT2D eigenvalue weighted by atomic mass is 16.7. The summed E-state index contributed by atoms with van der Waals surface area (Å²) in [6, 6.07) is 22.1. The number of amides is 1. The Hall–Kier alpha value is -4.53. The van der Waals surface area contributed by atoms with Crippen LogP contribution in [-0.2, 0) is 25.8 Å². The minimum atomic E-state index is -1.02. The third-order valence-corrected chi connectivity index (χ3v) is 5.22. The summed E-state index contributed by atoms with van der Waals surface area (Å²) >= 11 is 0. The third kappa shape index (κ3) is 6.75. The molecule has 0 saturated heterocycles. The van der Waals surface area contributed by atoms with E-state index in [1.54, 1.807) is 43.3 Å². The standard InChI is InChI=1S/C27H26N2O7/c1-18(21-8-13-24-25(14-21)34-17-33-24)29-35-16-26(30)36-19(2)27(31)28-22-9-11-23(12-10-22)32-15-20-6-4-3-5-7-20/h3-14,19H,15-17H2,1-2H3,(H,28,31)/b29-18-/t19-/m1/s1. The molecule has 1 amide bonds. The van der Waals surface area contributed by atoms with Gasteiger partial charge in [0.25, 0.3) is 5.91 Å². The molecule has 1 aliphatic heterocycles. The number of ether oxygens (including phenoxy) is 4. The van der Waals surface area contributed by atoms with E-state index in [0.717, 1.165) is 11.1 Å². The normalized spacial score (nSPS) is 13.0. The van der Waals surface area contributed by atoms with Crippen LogP contribution in [0.4, 0.5) is 5.69 Å². The lowest BCUT2D eigenvalue weighted by Gasteiger charge is -2.13. The number of hydrogen-bond donors (Lipinski definition) is 1. The van der Waals surface area contributed by atoms with E-state index in [2.05, 4.69) is 10.5 Å². The van der Waals surface area contributed by atoms with Gasteiger partial charge in [-0.05, 0) is 61.9 Å². The molecule has 4 rings (SSSR count). The van der Waals surface area contributed by atoms with Gasteiger partial charge >= 0.3 is 5.97 Å². The number of esters is 1. The van der Waals surface area contributed by atoms with Crippen LogP contribution in [0.3, 0.4) is 0 Å². The largest absolute Gasteiger partial charge is 0.489 e. The van der Waals surface area contributed by atoms with Crippen molar-refractivity contribution in [2.45, 2.75) is 26.6 Å². The molecule has 0 spiro atoms. The molecule has 0 unspecified atom stereocenters. The molecule has 1 N–H and O–H groups in total. The average molecular weight is 491 g/mol. The van der Waals surface area contributed by atoms with Crippen LogP contribution in [0.1, 0.15) is 25.0 Å². The van der Waals surface area contributed by atoms with Gasteiger partial charge in [0, 0.05) is 11.3 Å². The minimum absolute atomic E-state index is 0.178. The van der Waals surface area contributed by atoms with Gasteiger partial charge in [0.1, 0.15) is 12.4 Å². The smallest absolute Gasteiger partial charge is 0.347 e. The Morgan fingerprint density at radius 3 is 2.53 bits per heavy atom. The molecule has 3 aromatic carbocycles. The fourth-order valence-corrected chi connectivity index (χ4v) is 3.26. The molecular formula is C27H26N2O7. The summed E-state index contributed by atoms with van der Waals surface area (Å²) in [5.74, 6) is 0.766. The number of carbonyl (C=O) groups excluding carboxylic acids is 2. The Labute approximate surface area is 208 Å². The predicted octanol–water partition coefficient (Wildman–Crippen LogP) is 4.31. The van der Waals surface area contributed by atoms with Gasteiger partial charge < -0.3 is 29.1 Å². The van der Waals surface area contributed by atoms with Gasteiger partial charge in [-0.2, -0.15) is 0 Å². The lowest BCUT2D eigenvalue weighted by atomic mass is 10.1. The highest BCUT2D eigenvalue weighted by molar-refractivity contribution is 5.99. The Balaban J connectivity index is 1.19. The lowest BCUT2D eigenvalue weighted by molar-refractivity contribution is -0.157. The first-order chi connectivity index (χ1) is 17.5. The quantitative estimate of drug-likeness (QED) is 0.257. The van der Waals surface area contributed by atoms with Gasteiger partial charge in [-0.1, -0.05) is 35.5 Å². The molecule has 1 atom stereocenters. The maximum absolute atomic E-state index is 12.4. The summed E-state index contributed by atoms with van der Waals surface area (Å²) in [5, 5.41) is 6.63. The van der Waals surface area contributed by atoms with Gasteiger partial charge in [-0.25, -0.2) is 4.79 Å². The van der Waals surface area contributed by atoms with Crippen molar-refractivity contribution in [2.24, 2.45) is 5.16 Å². The molecule has 3 aromatic rings. The van der Waals surface area contributed by atoms with E-state index in [4.69, 9.17) is 23.8 Å². The summed E-state index contributed by atoms with van der Waals surface area (Å²) in [4.78, 5) is 29.6. The number of benzene rings is 3. The number of anilines is 1. The first kappa shape index (κ1) is 24.6. The Morgan fingerprint density at radius 1 is 1.00 bits per heavy atom. The van der Waals surface area contributed by atoms with E-state index in [9.17, 15) is 9.59 Å². The van der Waals surface area contributed by atoms with Crippen molar-refractivity contribution >= 4 is 23.3 Å². The number of oxime groups is 1. The highest BCUT2D eigenvalue weighted by Gasteiger charge is 2.19.